The highest BCUT2D eigenvalue weighted by atomic mass is 16.5. The van der Waals surface area contributed by atoms with E-state index in [9.17, 15) is 4.79 Å². The van der Waals surface area contributed by atoms with Gasteiger partial charge in [0.15, 0.2) is 0 Å². The zero-order valence-electron chi connectivity index (χ0n) is 16.3. The second kappa shape index (κ2) is 7.96. The Morgan fingerprint density at radius 1 is 1.07 bits per heavy atom. The number of aromatic nitrogens is 3. The van der Waals surface area contributed by atoms with Crippen molar-refractivity contribution in [3.63, 3.8) is 0 Å². The maximum atomic E-state index is 13.1. The lowest BCUT2D eigenvalue weighted by Crippen LogP contribution is -2.36. The molecule has 1 aromatic carbocycles. The standard InChI is InChI=1S/C23H21N5O2/c29-23(27-20-15-24-7-6-21(20)28-8-10-30-11-9-28)19-14-26-22-18(19)12-17(13-25-22)16-4-2-1-3-5-16/h1-7,12-15H,8-11H2,(H,25,26)(H,27,29). The molecule has 0 radical (unpaired) electrons. The van der Waals surface area contributed by atoms with Gasteiger partial charge < -0.3 is 19.9 Å². The number of anilines is 2. The lowest BCUT2D eigenvalue weighted by molar-refractivity contribution is 0.102. The van der Waals surface area contributed by atoms with E-state index < -0.39 is 0 Å². The number of aromatic amines is 1. The summed E-state index contributed by atoms with van der Waals surface area (Å²) >= 11 is 0. The van der Waals surface area contributed by atoms with Crippen molar-refractivity contribution in [1.82, 2.24) is 15.0 Å². The number of carbonyl (C=O) groups is 1. The van der Waals surface area contributed by atoms with E-state index in [2.05, 4.69) is 25.2 Å². The van der Waals surface area contributed by atoms with Crippen LogP contribution in [-0.2, 0) is 4.74 Å². The number of rotatable bonds is 4. The number of benzene rings is 1. The molecule has 1 fully saturated rings. The number of pyridine rings is 2. The van der Waals surface area contributed by atoms with Gasteiger partial charge in [0, 0.05) is 42.6 Å². The number of carbonyl (C=O) groups excluding carboxylic acids is 1. The van der Waals surface area contributed by atoms with Crippen molar-refractivity contribution in [2.24, 2.45) is 0 Å². The van der Waals surface area contributed by atoms with Crippen LogP contribution in [0, 0.1) is 0 Å². The fourth-order valence-electron chi connectivity index (χ4n) is 3.73. The van der Waals surface area contributed by atoms with E-state index in [-0.39, 0.29) is 5.91 Å². The average Bonchev–Trinajstić information content (AvgIpc) is 3.24. The second-order valence-electron chi connectivity index (χ2n) is 7.13. The Morgan fingerprint density at radius 2 is 1.90 bits per heavy atom. The third-order valence-corrected chi connectivity index (χ3v) is 5.28. The van der Waals surface area contributed by atoms with Gasteiger partial charge in [-0.15, -0.1) is 0 Å². The van der Waals surface area contributed by atoms with Gasteiger partial charge in [-0.3, -0.25) is 9.78 Å². The van der Waals surface area contributed by atoms with Crippen molar-refractivity contribution in [1.29, 1.82) is 0 Å². The minimum absolute atomic E-state index is 0.198. The van der Waals surface area contributed by atoms with Gasteiger partial charge in [-0.05, 0) is 17.7 Å². The molecule has 0 unspecified atom stereocenters. The number of fused-ring (bicyclic) bond motifs is 1. The van der Waals surface area contributed by atoms with Gasteiger partial charge in [-0.2, -0.15) is 0 Å². The Morgan fingerprint density at radius 3 is 2.73 bits per heavy atom. The third-order valence-electron chi connectivity index (χ3n) is 5.28. The molecule has 30 heavy (non-hydrogen) atoms. The summed E-state index contributed by atoms with van der Waals surface area (Å²) < 4.78 is 5.44. The van der Waals surface area contributed by atoms with Crippen molar-refractivity contribution in [3.8, 4) is 11.1 Å². The van der Waals surface area contributed by atoms with Crippen LogP contribution < -0.4 is 10.2 Å². The molecule has 1 aliphatic rings. The van der Waals surface area contributed by atoms with Crippen LogP contribution in [-0.4, -0.2) is 47.2 Å². The van der Waals surface area contributed by atoms with E-state index in [0.29, 0.717) is 30.1 Å². The van der Waals surface area contributed by atoms with Crippen molar-refractivity contribution < 1.29 is 9.53 Å². The molecule has 5 rings (SSSR count). The number of hydrogen-bond donors (Lipinski definition) is 2. The number of H-pyrrole nitrogens is 1. The number of ether oxygens (including phenoxy) is 1. The summed E-state index contributed by atoms with van der Waals surface area (Å²) in [6, 6.07) is 13.9. The molecule has 0 bridgehead atoms. The first-order valence-corrected chi connectivity index (χ1v) is 9.90. The predicted octanol–water partition coefficient (Wildman–Crippen LogP) is 3.71. The fourth-order valence-corrected chi connectivity index (χ4v) is 3.73. The van der Waals surface area contributed by atoms with Crippen LogP contribution in [0.3, 0.4) is 0 Å². The van der Waals surface area contributed by atoms with Gasteiger partial charge in [0.25, 0.3) is 5.91 Å². The molecule has 0 saturated carbocycles. The molecule has 0 spiro atoms. The molecule has 1 saturated heterocycles. The number of hydrogen-bond acceptors (Lipinski definition) is 5. The van der Waals surface area contributed by atoms with Crippen molar-refractivity contribution >= 4 is 28.3 Å². The van der Waals surface area contributed by atoms with Crippen LogP contribution in [0.5, 0.6) is 0 Å². The molecule has 4 aromatic rings. The van der Waals surface area contributed by atoms with Crippen LogP contribution in [0.4, 0.5) is 11.4 Å². The highest BCUT2D eigenvalue weighted by molar-refractivity contribution is 6.13. The first-order chi connectivity index (χ1) is 14.8. The SMILES string of the molecule is O=C(Nc1cnccc1N1CCOCC1)c1c[nH]c2ncc(-c3ccccc3)cc12. The van der Waals surface area contributed by atoms with Crippen LogP contribution in [0.15, 0.2) is 67.3 Å². The average molecular weight is 399 g/mol. The smallest absolute Gasteiger partial charge is 0.257 e. The lowest BCUT2D eigenvalue weighted by Gasteiger charge is -2.30. The molecule has 150 valence electrons. The Balaban J connectivity index is 1.46. The topological polar surface area (TPSA) is 83.1 Å². The fraction of sp³-hybridized carbons (Fsp3) is 0.174. The summed E-state index contributed by atoms with van der Waals surface area (Å²) in [6.45, 7) is 2.91. The van der Waals surface area contributed by atoms with Gasteiger partial charge in [-0.25, -0.2) is 4.98 Å². The Kier molecular flexibility index (Phi) is 4.86. The summed E-state index contributed by atoms with van der Waals surface area (Å²) in [5.74, 6) is -0.198. The van der Waals surface area contributed by atoms with E-state index in [1.165, 1.54) is 0 Å². The highest BCUT2D eigenvalue weighted by Crippen LogP contribution is 2.28. The quantitative estimate of drug-likeness (QED) is 0.547. The number of nitrogens with one attached hydrogen (secondary N) is 2. The highest BCUT2D eigenvalue weighted by Gasteiger charge is 2.19. The van der Waals surface area contributed by atoms with Crippen LogP contribution >= 0.6 is 0 Å². The zero-order valence-corrected chi connectivity index (χ0v) is 16.3. The molecule has 0 aliphatic carbocycles. The van der Waals surface area contributed by atoms with E-state index >= 15 is 0 Å². The second-order valence-corrected chi connectivity index (χ2v) is 7.13. The van der Waals surface area contributed by atoms with Crippen molar-refractivity contribution in [2.45, 2.75) is 0 Å². The molecule has 1 aliphatic heterocycles. The summed E-state index contributed by atoms with van der Waals surface area (Å²) in [4.78, 5) is 27.1. The first-order valence-electron chi connectivity index (χ1n) is 9.90. The summed E-state index contributed by atoms with van der Waals surface area (Å²) in [5, 5.41) is 3.81. The molecular formula is C23H21N5O2. The Hall–Kier alpha value is -3.71. The molecule has 2 N–H and O–H groups in total. The van der Waals surface area contributed by atoms with Crippen molar-refractivity contribution in [3.05, 3.63) is 72.8 Å². The predicted molar refractivity (Wildman–Crippen MR) is 117 cm³/mol. The van der Waals surface area contributed by atoms with E-state index in [0.717, 1.165) is 35.3 Å². The number of morpholine rings is 1. The Labute approximate surface area is 173 Å². The molecule has 7 heteroatoms. The van der Waals surface area contributed by atoms with Gasteiger partial charge in [-0.1, -0.05) is 30.3 Å². The minimum atomic E-state index is -0.198. The summed E-state index contributed by atoms with van der Waals surface area (Å²) in [5.41, 5.74) is 4.88. The van der Waals surface area contributed by atoms with E-state index in [1.807, 2.05) is 48.7 Å². The van der Waals surface area contributed by atoms with Gasteiger partial charge in [0.2, 0.25) is 0 Å². The molecule has 4 heterocycles. The Bertz CT molecular complexity index is 1180. The third kappa shape index (κ3) is 3.51. The monoisotopic (exact) mass is 399 g/mol. The van der Waals surface area contributed by atoms with Crippen LogP contribution in [0.2, 0.25) is 0 Å². The molecular weight excluding hydrogens is 378 g/mol. The van der Waals surface area contributed by atoms with Gasteiger partial charge in [0.1, 0.15) is 5.65 Å². The lowest BCUT2D eigenvalue weighted by atomic mass is 10.1. The molecule has 3 aromatic heterocycles. The zero-order chi connectivity index (χ0) is 20.3. The molecule has 1 amide bonds. The summed E-state index contributed by atoms with van der Waals surface area (Å²) in [6.07, 6.45) is 6.94. The normalized spacial score (nSPS) is 14.1. The first kappa shape index (κ1) is 18.3. The van der Waals surface area contributed by atoms with Gasteiger partial charge in [0.05, 0.1) is 36.3 Å². The summed E-state index contributed by atoms with van der Waals surface area (Å²) in [7, 11) is 0. The molecule has 0 atom stereocenters. The van der Waals surface area contributed by atoms with Gasteiger partial charge >= 0.3 is 0 Å². The van der Waals surface area contributed by atoms with Crippen LogP contribution in [0.1, 0.15) is 10.4 Å². The maximum absolute atomic E-state index is 13.1. The van der Waals surface area contributed by atoms with Crippen molar-refractivity contribution in [2.75, 3.05) is 36.5 Å². The number of nitrogens with zero attached hydrogens (tertiary/aromatic N) is 3. The number of amides is 1. The minimum Gasteiger partial charge on any atom is -0.378 e. The van der Waals surface area contributed by atoms with E-state index in [1.54, 1.807) is 18.6 Å². The van der Waals surface area contributed by atoms with E-state index in [4.69, 9.17) is 4.74 Å². The van der Waals surface area contributed by atoms with Crippen LogP contribution in [0.25, 0.3) is 22.2 Å². The maximum Gasteiger partial charge on any atom is 0.257 e. The largest absolute Gasteiger partial charge is 0.378 e. The molecule has 7 nitrogen and oxygen atoms in total.